The summed E-state index contributed by atoms with van der Waals surface area (Å²) in [6, 6.07) is 10.4. The van der Waals surface area contributed by atoms with Crippen molar-refractivity contribution >= 4 is 21.6 Å². The largest absolute Gasteiger partial charge is 0.504 e. The predicted molar refractivity (Wildman–Crippen MR) is 77.8 cm³/mol. The van der Waals surface area contributed by atoms with Crippen LogP contribution in [-0.2, 0) is 6.54 Å². The van der Waals surface area contributed by atoms with Gasteiger partial charge in [-0.3, -0.25) is 0 Å². The molecular weight excluding hydrogens is 310 g/mol. The molecular formula is C14H14BrNO3. The lowest BCUT2D eigenvalue weighted by molar-refractivity contribution is 0.403. The first kappa shape index (κ1) is 13.5. The first-order chi connectivity index (χ1) is 9.10. The number of methoxy groups -OCH3 is 1. The molecule has 0 spiro atoms. The number of hydrogen-bond acceptors (Lipinski definition) is 4. The monoisotopic (exact) mass is 323 g/mol. The summed E-state index contributed by atoms with van der Waals surface area (Å²) in [6.07, 6.45) is 0. The van der Waals surface area contributed by atoms with Gasteiger partial charge in [0.2, 0.25) is 0 Å². The molecule has 0 atom stereocenters. The van der Waals surface area contributed by atoms with E-state index in [1.165, 1.54) is 12.1 Å². The molecule has 0 bridgehead atoms. The Hall–Kier alpha value is -1.88. The van der Waals surface area contributed by atoms with Gasteiger partial charge in [-0.1, -0.05) is 22.0 Å². The zero-order valence-corrected chi connectivity index (χ0v) is 11.9. The Kier molecular flexibility index (Phi) is 4.16. The maximum Gasteiger partial charge on any atom is 0.157 e. The Morgan fingerprint density at radius 1 is 1.11 bits per heavy atom. The molecule has 2 aromatic carbocycles. The Labute approximate surface area is 119 Å². The van der Waals surface area contributed by atoms with E-state index in [1.54, 1.807) is 13.2 Å². The number of nitrogens with one attached hydrogen (secondary N) is 1. The number of ether oxygens (including phenoxy) is 1. The van der Waals surface area contributed by atoms with Gasteiger partial charge < -0.3 is 20.3 Å². The smallest absolute Gasteiger partial charge is 0.157 e. The summed E-state index contributed by atoms with van der Waals surface area (Å²) in [6.45, 7) is 0.515. The van der Waals surface area contributed by atoms with Crippen molar-refractivity contribution in [2.75, 3.05) is 12.4 Å². The molecule has 100 valence electrons. The standard InChI is InChI=1S/C14H14BrNO3/c1-19-14-5-3-10(15)7-11(14)16-8-9-2-4-12(17)13(18)6-9/h2-7,16-18H,8H2,1H3. The molecule has 4 nitrogen and oxygen atoms in total. The lowest BCUT2D eigenvalue weighted by Crippen LogP contribution is -2.01. The van der Waals surface area contributed by atoms with Crippen molar-refractivity contribution in [3.63, 3.8) is 0 Å². The zero-order chi connectivity index (χ0) is 13.8. The molecule has 0 saturated heterocycles. The van der Waals surface area contributed by atoms with Gasteiger partial charge in [0.1, 0.15) is 5.75 Å². The van der Waals surface area contributed by atoms with E-state index in [1.807, 2.05) is 18.2 Å². The number of hydrogen-bond donors (Lipinski definition) is 3. The topological polar surface area (TPSA) is 61.7 Å². The van der Waals surface area contributed by atoms with E-state index < -0.39 is 0 Å². The lowest BCUT2D eigenvalue weighted by Gasteiger charge is -2.12. The first-order valence-electron chi connectivity index (χ1n) is 5.68. The fourth-order valence-electron chi connectivity index (χ4n) is 1.69. The minimum Gasteiger partial charge on any atom is -0.504 e. The third-order valence-corrected chi connectivity index (χ3v) is 3.18. The fourth-order valence-corrected chi connectivity index (χ4v) is 2.06. The number of halogens is 1. The SMILES string of the molecule is COc1ccc(Br)cc1NCc1ccc(O)c(O)c1. The highest BCUT2D eigenvalue weighted by Crippen LogP contribution is 2.29. The van der Waals surface area contributed by atoms with Crippen LogP contribution in [0.25, 0.3) is 0 Å². The average molecular weight is 324 g/mol. The molecule has 19 heavy (non-hydrogen) atoms. The maximum absolute atomic E-state index is 9.43. The van der Waals surface area contributed by atoms with E-state index >= 15 is 0 Å². The van der Waals surface area contributed by atoms with Gasteiger partial charge >= 0.3 is 0 Å². The van der Waals surface area contributed by atoms with Crippen molar-refractivity contribution in [3.8, 4) is 17.2 Å². The molecule has 0 unspecified atom stereocenters. The molecule has 0 aliphatic carbocycles. The van der Waals surface area contributed by atoms with E-state index in [4.69, 9.17) is 4.74 Å². The molecule has 2 aromatic rings. The van der Waals surface area contributed by atoms with Gasteiger partial charge in [-0.2, -0.15) is 0 Å². The summed E-state index contributed by atoms with van der Waals surface area (Å²) >= 11 is 3.40. The van der Waals surface area contributed by atoms with Crippen LogP contribution in [0.1, 0.15) is 5.56 Å². The molecule has 2 rings (SSSR count). The van der Waals surface area contributed by atoms with Gasteiger partial charge in [-0.25, -0.2) is 0 Å². The molecule has 3 N–H and O–H groups in total. The molecule has 0 aromatic heterocycles. The Balaban J connectivity index is 2.13. The molecule has 0 fully saturated rings. The third-order valence-electron chi connectivity index (χ3n) is 2.68. The lowest BCUT2D eigenvalue weighted by atomic mass is 10.2. The molecule has 0 aliphatic rings. The van der Waals surface area contributed by atoms with Crippen molar-refractivity contribution in [3.05, 3.63) is 46.4 Å². The van der Waals surface area contributed by atoms with Crippen LogP contribution in [0.15, 0.2) is 40.9 Å². The maximum atomic E-state index is 9.43. The second-order valence-electron chi connectivity index (χ2n) is 4.02. The first-order valence-corrected chi connectivity index (χ1v) is 6.47. The predicted octanol–water partition coefficient (Wildman–Crippen LogP) is 3.48. The Morgan fingerprint density at radius 3 is 2.58 bits per heavy atom. The average Bonchev–Trinajstić information content (AvgIpc) is 2.40. The molecule has 0 radical (unpaired) electrons. The Morgan fingerprint density at radius 2 is 1.89 bits per heavy atom. The van der Waals surface area contributed by atoms with E-state index in [0.29, 0.717) is 6.54 Å². The van der Waals surface area contributed by atoms with Crippen molar-refractivity contribution < 1.29 is 14.9 Å². The minimum absolute atomic E-state index is 0.121. The van der Waals surface area contributed by atoms with Crippen LogP contribution in [0, 0.1) is 0 Å². The summed E-state index contributed by atoms with van der Waals surface area (Å²) in [5.74, 6) is 0.496. The minimum atomic E-state index is -0.125. The van der Waals surface area contributed by atoms with Crippen LogP contribution >= 0.6 is 15.9 Å². The summed E-state index contributed by atoms with van der Waals surface area (Å²) < 4.78 is 6.21. The van der Waals surface area contributed by atoms with E-state index in [9.17, 15) is 10.2 Å². The van der Waals surface area contributed by atoms with Gasteiger partial charge in [-0.15, -0.1) is 0 Å². The summed E-state index contributed by atoms with van der Waals surface area (Å²) in [4.78, 5) is 0. The quantitative estimate of drug-likeness (QED) is 0.754. The summed E-state index contributed by atoms with van der Waals surface area (Å²) in [5, 5.41) is 21.9. The van der Waals surface area contributed by atoms with E-state index in [2.05, 4.69) is 21.2 Å². The van der Waals surface area contributed by atoms with Gasteiger partial charge in [0.05, 0.1) is 12.8 Å². The van der Waals surface area contributed by atoms with Crippen molar-refractivity contribution in [2.24, 2.45) is 0 Å². The van der Waals surface area contributed by atoms with Gasteiger partial charge in [0.25, 0.3) is 0 Å². The summed E-state index contributed by atoms with van der Waals surface area (Å²) in [5.41, 5.74) is 1.71. The highest BCUT2D eigenvalue weighted by atomic mass is 79.9. The third kappa shape index (κ3) is 3.32. The number of benzene rings is 2. The van der Waals surface area contributed by atoms with Crippen LogP contribution < -0.4 is 10.1 Å². The van der Waals surface area contributed by atoms with E-state index in [0.717, 1.165) is 21.5 Å². The second-order valence-corrected chi connectivity index (χ2v) is 4.94. The molecule has 0 saturated carbocycles. The fraction of sp³-hybridized carbons (Fsp3) is 0.143. The van der Waals surface area contributed by atoms with Crippen LogP contribution in [0.2, 0.25) is 0 Å². The van der Waals surface area contributed by atoms with Gasteiger partial charge in [0.15, 0.2) is 11.5 Å². The van der Waals surface area contributed by atoms with Crippen molar-refractivity contribution in [1.29, 1.82) is 0 Å². The number of phenolic OH excluding ortho intramolecular Hbond substituents is 2. The molecule has 0 heterocycles. The normalized spacial score (nSPS) is 10.2. The number of aromatic hydroxyl groups is 2. The zero-order valence-electron chi connectivity index (χ0n) is 10.4. The number of anilines is 1. The van der Waals surface area contributed by atoms with Crippen molar-refractivity contribution in [1.82, 2.24) is 0 Å². The van der Waals surface area contributed by atoms with E-state index in [-0.39, 0.29) is 11.5 Å². The number of rotatable bonds is 4. The van der Waals surface area contributed by atoms with Gasteiger partial charge in [0, 0.05) is 11.0 Å². The van der Waals surface area contributed by atoms with Crippen LogP contribution in [-0.4, -0.2) is 17.3 Å². The summed E-state index contributed by atoms with van der Waals surface area (Å²) in [7, 11) is 1.61. The van der Waals surface area contributed by atoms with Crippen LogP contribution in [0.3, 0.4) is 0 Å². The highest BCUT2D eigenvalue weighted by molar-refractivity contribution is 9.10. The van der Waals surface area contributed by atoms with Crippen molar-refractivity contribution in [2.45, 2.75) is 6.54 Å². The Bertz CT molecular complexity index is 587. The molecule has 0 amide bonds. The molecule has 0 aliphatic heterocycles. The van der Waals surface area contributed by atoms with Crippen LogP contribution in [0.5, 0.6) is 17.2 Å². The second kappa shape index (κ2) is 5.84. The van der Waals surface area contributed by atoms with Gasteiger partial charge in [-0.05, 0) is 35.9 Å². The molecule has 5 heteroatoms. The van der Waals surface area contributed by atoms with Crippen LogP contribution in [0.4, 0.5) is 5.69 Å². The highest BCUT2D eigenvalue weighted by Gasteiger charge is 2.05. The number of phenols is 2.